The molecule has 0 bridgehead atoms. The molecule has 1 aromatic heterocycles. The van der Waals surface area contributed by atoms with Gasteiger partial charge in [0.15, 0.2) is 0 Å². The van der Waals surface area contributed by atoms with Crippen molar-refractivity contribution >= 4 is 0 Å². The maximum absolute atomic E-state index is 9.43. The van der Waals surface area contributed by atoms with E-state index in [1.165, 1.54) is 0 Å². The number of benzene rings is 1. The molecule has 4 nitrogen and oxygen atoms in total. The van der Waals surface area contributed by atoms with E-state index in [9.17, 15) is 10.2 Å². The Morgan fingerprint density at radius 1 is 1.12 bits per heavy atom. The van der Waals surface area contributed by atoms with Gasteiger partial charge in [-0.05, 0) is 47.9 Å². The first-order valence-corrected chi connectivity index (χ1v) is 8.28. The van der Waals surface area contributed by atoms with E-state index >= 15 is 0 Å². The van der Waals surface area contributed by atoms with Gasteiger partial charge >= 0.3 is 0 Å². The Labute approximate surface area is 144 Å². The van der Waals surface area contributed by atoms with Crippen molar-refractivity contribution in [3.8, 4) is 17.0 Å². The molecule has 1 heterocycles. The van der Waals surface area contributed by atoms with E-state index in [4.69, 9.17) is 4.74 Å². The average molecular weight is 329 g/mol. The third kappa shape index (κ3) is 4.34. The maximum atomic E-state index is 9.43. The highest BCUT2D eigenvalue weighted by molar-refractivity contribution is 5.71. The topological polar surface area (TPSA) is 62.6 Å². The fourth-order valence-electron chi connectivity index (χ4n) is 2.55. The lowest BCUT2D eigenvalue weighted by Gasteiger charge is -2.21. The van der Waals surface area contributed by atoms with Crippen LogP contribution in [0, 0.1) is 19.3 Å². The summed E-state index contributed by atoms with van der Waals surface area (Å²) in [6, 6.07) is 7.87. The molecule has 0 unspecified atom stereocenters. The summed E-state index contributed by atoms with van der Waals surface area (Å²) in [7, 11) is 0. The van der Waals surface area contributed by atoms with Crippen LogP contribution in [0.25, 0.3) is 11.1 Å². The van der Waals surface area contributed by atoms with Crippen molar-refractivity contribution in [2.24, 2.45) is 5.41 Å². The molecule has 0 amide bonds. The molecule has 0 saturated heterocycles. The second-order valence-electron chi connectivity index (χ2n) is 7.01. The Morgan fingerprint density at radius 2 is 1.88 bits per heavy atom. The van der Waals surface area contributed by atoms with E-state index < -0.39 is 0 Å². The number of ether oxygens (including phenoxy) is 1. The Bertz CT molecular complexity index is 695. The second kappa shape index (κ2) is 7.77. The van der Waals surface area contributed by atoms with Crippen molar-refractivity contribution in [2.75, 3.05) is 13.2 Å². The molecule has 4 heteroatoms. The molecule has 0 radical (unpaired) electrons. The minimum Gasteiger partial charge on any atom is -0.478 e. The molecule has 0 saturated carbocycles. The summed E-state index contributed by atoms with van der Waals surface area (Å²) in [5.74, 6) is 0.598. The van der Waals surface area contributed by atoms with Gasteiger partial charge in [-0.3, -0.25) is 0 Å². The van der Waals surface area contributed by atoms with Crippen LogP contribution in [0.15, 0.2) is 30.5 Å². The lowest BCUT2D eigenvalue weighted by molar-refractivity contribution is 0.127. The standard InChI is InChI=1S/C20H27NO3/c1-14-10-19(24-9-8-20(3,4)13-23)21-11-18(14)17-7-5-6-16(12-22)15(17)2/h5-7,10-11,22-23H,8-9,12-13H2,1-4H3. The van der Waals surface area contributed by atoms with Gasteiger partial charge in [-0.2, -0.15) is 0 Å². The summed E-state index contributed by atoms with van der Waals surface area (Å²) >= 11 is 0. The fourth-order valence-corrected chi connectivity index (χ4v) is 2.55. The third-order valence-corrected chi connectivity index (χ3v) is 4.45. The summed E-state index contributed by atoms with van der Waals surface area (Å²) in [5, 5.41) is 18.7. The van der Waals surface area contributed by atoms with Crippen LogP contribution >= 0.6 is 0 Å². The number of nitrogens with zero attached hydrogens (tertiary/aromatic N) is 1. The SMILES string of the molecule is Cc1cc(OCCC(C)(C)CO)ncc1-c1cccc(CO)c1C. The number of aromatic nitrogens is 1. The molecule has 24 heavy (non-hydrogen) atoms. The van der Waals surface area contributed by atoms with Crippen LogP contribution in [0.3, 0.4) is 0 Å². The van der Waals surface area contributed by atoms with E-state index in [2.05, 4.69) is 4.98 Å². The normalized spacial score (nSPS) is 11.6. The Balaban J connectivity index is 2.16. The Hall–Kier alpha value is -1.91. The van der Waals surface area contributed by atoms with Crippen LogP contribution in [0.5, 0.6) is 5.88 Å². The number of pyridine rings is 1. The third-order valence-electron chi connectivity index (χ3n) is 4.45. The van der Waals surface area contributed by atoms with Crippen molar-refractivity contribution in [3.05, 3.63) is 47.2 Å². The monoisotopic (exact) mass is 329 g/mol. The minimum absolute atomic E-state index is 0.0357. The molecule has 0 aliphatic carbocycles. The van der Waals surface area contributed by atoms with Gasteiger partial charge in [0.2, 0.25) is 5.88 Å². The first-order valence-electron chi connectivity index (χ1n) is 8.28. The van der Waals surface area contributed by atoms with Crippen molar-refractivity contribution in [2.45, 2.75) is 40.7 Å². The van der Waals surface area contributed by atoms with Crippen LogP contribution in [0.1, 0.15) is 37.0 Å². The predicted octanol–water partition coefficient (Wildman–Crippen LogP) is 3.65. The van der Waals surface area contributed by atoms with Gasteiger partial charge in [-0.25, -0.2) is 4.98 Å². The average Bonchev–Trinajstić information content (AvgIpc) is 2.55. The molecule has 2 N–H and O–H groups in total. The van der Waals surface area contributed by atoms with Gasteiger partial charge in [0, 0.05) is 24.4 Å². The number of rotatable bonds is 7. The number of hydrogen-bond donors (Lipinski definition) is 2. The highest BCUT2D eigenvalue weighted by atomic mass is 16.5. The molecule has 0 spiro atoms. The summed E-state index contributed by atoms with van der Waals surface area (Å²) in [4.78, 5) is 4.41. The van der Waals surface area contributed by atoms with Gasteiger partial charge in [0.05, 0.1) is 13.2 Å². The maximum Gasteiger partial charge on any atom is 0.213 e. The molecule has 1 aromatic carbocycles. The molecule has 0 aliphatic rings. The summed E-state index contributed by atoms with van der Waals surface area (Å²) in [6.45, 7) is 8.77. The van der Waals surface area contributed by atoms with Crippen LogP contribution < -0.4 is 4.74 Å². The van der Waals surface area contributed by atoms with Crippen LogP contribution in [0.4, 0.5) is 0 Å². The summed E-state index contributed by atoms with van der Waals surface area (Å²) in [5.41, 5.74) is 5.07. The summed E-state index contributed by atoms with van der Waals surface area (Å²) < 4.78 is 5.73. The molecule has 2 aromatic rings. The van der Waals surface area contributed by atoms with E-state index in [0.717, 1.165) is 34.2 Å². The van der Waals surface area contributed by atoms with Gasteiger partial charge in [-0.1, -0.05) is 32.0 Å². The molecule has 2 rings (SSSR count). The smallest absolute Gasteiger partial charge is 0.213 e. The summed E-state index contributed by atoms with van der Waals surface area (Å²) in [6.07, 6.45) is 2.59. The zero-order chi connectivity index (χ0) is 17.7. The van der Waals surface area contributed by atoms with Crippen LogP contribution in [-0.2, 0) is 6.61 Å². The number of aliphatic hydroxyl groups is 2. The van der Waals surface area contributed by atoms with E-state index in [0.29, 0.717) is 12.5 Å². The lowest BCUT2D eigenvalue weighted by atomic mass is 9.91. The van der Waals surface area contributed by atoms with E-state index in [1.807, 2.05) is 58.2 Å². The molecule has 0 atom stereocenters. The predicted molar refractivity (Wildman–Crippen MR) is 96.0 cm³/mol. The van der Waals surface area contributed by atoms with Crippen molar-refractivity contribution in [1.29, 1.82) is 0 Å². The largest absolute Gasteiger partial charge is 0.478 e. The van der Waals surface area contributed by atoms with Gasteiger partial charge in [0.1, 0.15) is 0 Å². The number of aliphatic hydroxyl groups excluding tert-OH is 2. The molecule has 0 aliphatic heterocycles. The highest BCUT2D eigenvalue weighted by Gasteiger charge is 2.16. The first kappa shape index (κ1) is 18.4. The molecule has 0 fully saturated rings. The van der Waals surface area contributed by atoms with Crippen molar-refractivity contribution in [1.82, 2.24) is 4.98 Å². The van der Waals surface area contributed by atoms with Gasteiger partial charge in [0.25, 0.3) is 0 Å². The molecule has 130 valence electrons. The minimum atomic E-state index is -0.142. The van der Waals surface area contributed by atoms with Crippen LogP contribution in [0.2, 0.25) is 0 Å². The Morgan fingerprint density at radius 3 is 2.50 bits per heavy atom. The van der Waals surface area contributed by atoms with Crippen LogP contribution in [-0.4, -0.2) is 28.4 Å². The quantitative estimate of drug-likeness (QED) is 0.814. The zero-order valence-corrected chi connectivity index (χ0v) is 15.0. The first-order chi connectivity index (χ1) is 11.4. The van der Waals surface area contributed by atoms with E-state index in [1.54, 1.807) is 0 Å². The van der Waals surface area contributed by atoms with E-state index in [-0.39, 0.29) is 18.6 Å². The number of hydrogen-bond acceptors (Lipinski definition) is 4. The van der Waals surface area contributed by atoms with Gasteiger partial charge < -0.3 is 14.9 Å². The van der Waals surface area contributed by atoms with Crippen molar-refractivity contribution < 1.29 is 14.9 Å². The fraction of sp³-hybridized carbons (Fsp3) is 0.450. The molecular formula is C20H27NO3. The zero-order valence-electron chi connectivity index (χ0n) is 15.0. The molecular weight excluding hydrogens is 302 g/mol. The highest BCUT2D eigenvalue weighted by Crippen LogP contribution is 2.29. The second-order valence-corrected chi connectivity index (χ2v) is 7.01. The number of aryl methyl sites for hydroxylation is 1. The Kier molecular flexibility index (Phi) is 5.97. The van der Waals surface area contributed by atoms with Gasteiger partial charge in [-0.15, -0.1) is 0 Å². The van der Waals surface area contributed by atoms with Crippen molar-refractivity contribution in [3.63, 3.8) is 0 Å². The lowest BCUT2D eigenvalue weighted by Crippen LogP contribution is -2.20.